The summed E-state index contributed by atoms with van der Waals surface area (Å²) in [6.07, 6.45) is 0.133. The van der Waals surface area contributed by atoms with Crippen molar-refractivity contribution in [3.05, 3.63) is 0 Å². The van der Waals surface area contributed by atoms with Crippen LogP contribution in [0.25, 0.3) is 0 Å². The average Bonchev–Trinajstić information content (AvgIpc) is 2.32. The van der Waals surface area contributed by atoms with Crippen molar-refractivity contribution in [2.45, 2.75) is 72.1 Å². The predicted molar refractivity (Wildman–Crippen MR) is 84.4 cm³/mol. The monoisotopic (exact) mass is 315 g/mol. The van der Waals surface area contributed by atoms with Gasteiger partial charge in [0.15, 0.2) is 0 Å². The Kier molecular flexibility index (Phi) is 7.35. The molecule has 0 aromatic carbocycles. The van der Waals surface area contributed by atoms with E-state index in [1.165, 1.54) is 0 Å². The molecule has 0 heterocycles. The summed E-state index contributed by atoms with van der Waals surface area (Å²) in [5.41, 5.74) is -1.84. The first kappa shape index (κ1) is 20.2. The highest BCUT2D eigenvalue weighted by molar-refractivity contribution is 5.93. The van der Waals surface area contributed by atoms with E-state index in [2.05, 4.69) is 16.0 Å². The molecule has 0 unspecified atom stereocenters. The molecule has 3 N–H and O–H groups in total. The summed E-state index contributed by atoms with van der Waals surface area (Å²) in [6.45, 7) is 12.4. The molecule has 0 aliphatic heterocycles. The van der Waals surface area contributed by atoms with Crippen LogP contribution in [0.4, 0.5) is 4.79 Å². The highest BCUT2D eigenvalue weighted by atomic mass is 16.6. The van der Waals surface area contributed by atoms with Gasteiger partial charge in [-0.05, 0) is 48.0 Å². The number of nitrogens with one attached hydrogen (secondary N) is 3. The first-order valence-corrected chi connectivity index (χ1v) is 7.49. The van der Waals surface area contributed by atoms with Crippen LogP contribution < -0.4 is 16.0 Å². The molecule has 0 saturated carbocycles. The summed E-state index contributed by atoms with van der Waals surface area (Å²) >= 11 is 0. The van der Waals surface area contributed by atoms with E-state index in [1.54, 1.807) is 41.5 Å². The number of ether oxygens (including phenoxy) is 1. The molecule has 0 aromatic heterocycles. The van der Waals surface area contributed by atoms with Crippen molar-refractivity contribution in [3.63, 3.8) is 0 Å². The summed E-state index contributed by atoms with van der Waals surface area (Å²) in [5.74, 6) is -0.722. The fourth-order valence-electron chi connectivity index (χ4n) is 1.46. The molecule has 1 atom stereocenters. The number of carbonyl (C=O) groups excluding carboxylic acids is 3. The number of alkyl carbamates (subject to hydrolysis) is 1. The van der Waals surface area contributed by atoms with E-state index in [0.29, 0.717) is 6.54 Å². The van der Waals surface area contributed by atoms with Crippen LogP contribution in [0, 0.1) is 0 Å². The molecular formula is C15H29N3O4. The molecule has 0 radical (unpaired) electrons. The quantitative estimate of drug-likeness (QED) is 0.688. The highest BCUT2D eigenvalue weighted by Crippen LogP contribution is 2.09. The van der Waals surface area contributed by atoms with Crippen molar-refractivity contribution >= 4 is 17.9 Å². The van der Waals surface area contributed by atoms with E-state index < -0.39 is 29.2 Å². The molecule has 0 rings (SSSR count). The minimum atomic E-state index is -1.19. The lowest BCUT2D eigenvalue weighted by atomic mass is 10.0. The van der Waals surface area contributed by atoms with Crippen molar-refractivity contribution < 1.29 is 19.1 Å². The van der Waals surface area contributed by atoms with Crippen LogP contribution in [0.3, 0.4) is 0 Å². The van der Waals surface area contributed by atoms with Gasteiger partial charge in [0.25, 0.3) is 0 Å². The molecule has 7 nitrogen and oxygen atoms in total. The van der Waals surface area contributed by atoms with Crippen molar-refractivity contribution in [3.8, 4) is 0 Å². The molecule has 0 bridgehead atoms. The van der Waals surface area contributed by atoms with E-state index in [9.17, 15) is 14.4 Å². The predicted octanol–water partition coefficient (Wildman–Crippen LogP) is 1.32. The molecule has 22 heavy (non-hydrogen) atoms. The first-order valence-electron chi connectivity index (χ1n) is 7.49. The summed E-state index contributed by atoms with van der Waals surface area (Å²) < 4.78 is 5.12. The Labute approximate surface area is 132 Å². The fraction of sp³-hybridized carbons (Fsp3) is 0.800. The van der Waals surface area contributed by atoms with Gasteiger partial charge in [-0.1, -0.05) is 6.92 Å². The summed E-state index contributed by atoms with van der Waals surface area (Å²) in [7, 11) is 0. The summed E-state index contributed by atoms with van der Waals surface area (Å²) in [6, 6.07) is -0.682. The maximum absolute atomic E-state index is 12.2. The SMILES string of the molecule is CCCNC(=O)[C@H](C)NC(=O)C(C)(C)NC(=O)OC(C)(C)C. The molecule has 7 heteroatoms. The van der Waals surface area contributed by atoms with E-state index >= 15 is 0 Å². The first-order chi connectivity index (χ1) is 9.89. The van der Waals surface area contributed by atoms with Crippen molar-refractivity contribution in [2.75, 3.05) is 6.54 Å². The zero-order chi connectivity index (χ0) is 17.6. The summed E-state index contributed by atoms with van der Waals surface area (Å²) in [5, 5.41) is 7.77. The Morgan fingerprint density at radius 2 is 1.64 bits per heavy atom. The van der Waals surface area contributed by atoms with Gasteiger partial charge >= 0.3 is 6.09 Å². The van der Waals surface area contributed by atoms with Gasteiger partial charge in [0.05, 0.1) is 0 Å². The molecule has 128 valence electrons. The van der Waals surface area contributed by atoms with Gasteiger partial charge in [-0.15, -0.1) is 0 Å². The van der Waals surface area contributed by atoms with Gasteiger partial charge in [-0.2, -0.15) is 0 Å². The van der Waals surface area contributed by atoms with Crippen LogP contribution in [0.1, 0.15) is 54.9 Å². The highest BCUT2D eigenvalue weighted by Gasteiger charge is 2.33. The molecule has 0 aliphatic carbocycles. The standard InChI is InChI=1S/C15H29N3O4/c1-8-9-16-11(19)10(2)17-12(20)15(6,7)18-13(21)22-14(3,4)5/h10H,8-9H2,1-7H3,(H,16,19)(H,17,20)(H,18,21)/t10-/m0/s1. The van der Waals surface area contributed by atoms with Gasteiger partial charge in [-0.3, -0.25) is 9.59 Å². The van der Waals surface area contributed by atoms with E-state index in [4.69, 9.17) is 4.74 Å². The second-order valence-corrected chi connectivity index (χ2v) is 6.74. The fourth-order valence-corrected chi connectivity index (χ4v) is 1.46. The third-order valence-corrected chi connectivity index (χ3v) is 2.67. The Morgan fingerprint density at radius 1 is 1.09 bits per heavy atom. The third-order valence-electron chi connectivity index (χ3n) is 2.67. The molecule has 0 aromatic rings. The number of hydrogen-bond donors (Lipinski definition) is 3. The number of carbonyl (C=O) groups is 3. The van der Waals surface area contributed by atoms with E-state index in [-0.39, 0.29) is 5.91 Å². The minimum absolute atomic E-state index is 0.261. The third kappa shape index (κ3) is 7.85. The second kappa shape index (κ2) is 8.00. The number of hydrogen-bond acceptors (Lipinski definition) is 4. The van der Waals surface area contributed by atoms with Gasteiger partial charge < -0.3 is 20.7 Å². The van der Waals surface area contributed by atoms with Crippen LogP contribution in [0.15, 0.2) is 0 Å². The lowest BCUT2D eigenvalue weighted by Crippen LogP contribution is -2.58. The molecule has 3 amide bonds. The minimum Gasteiger partial charge on any atom is -0.444 e. The van der Waals surface area contributed by atoms with Gasteiger partial charge in [0, 0.05) is 6.54 Å². The lowest BCUT2D eigenvalue weighted by Gasteiger charge is -2.28. The smallest absolute Gasteiger partial charge is 0.408 e. The van der Waals surface area contributed by atoms with Crippen LogP contribution in [-0.4, -0.2) is 41.6 Å². The van der Waals surface area contributed by atoms with E-state index in [0.717, 1.165) is 6.42 Å². The maximum atomic E-state index is 12.2. The molecule has 0 fully saturated rings. The Balaban J connectivity index is 4.55. The average molecular weight is 315 g/mol. The van der Waals surface area contributed by atoms with Crippen LogP contribution in [0.2, 0.25) is 0 Å². The summed E-state index contributed by atoms with van der Waals surface area (Å²) in [4.78, 5) is 35.7. The zero-order valence-electron chi connectivity index (χ0n) is 14.6. The molecule has 0 saturated heterocycles. The largest absolute Gasteiger partial charge is 0.444 e. The van der Waals surface area contributed by atoms with Crippen molar-refractivity contribution in [2.24, 2.45) is 0 Å². The second-order valence-electron chi connectivity index (χ2n) is 6.74. The number of amides is 3. The van der Waals surface area contributed by atoms with Crippen LogP contribution >= 0.6 is 0 Å². The van der Waals surface area contributed by atoms with Crippen LogP contribution in [-0.2, 0) is 14.3 Å². The van der Waals surface area contributed by atoms with Gasteiger partial charge in [0.1, 0.15) is 17.2 Å². The molecule has 0 spiro atoms. The van der Waals surface area contributed by atoms with E-state index in [1.807, 2.05) is 6.92 Å². The van der Waals surface area contributed by atoms with Gasteiger partial charge in [0.2, 0.25) is 11.8 Å². The van der Waals surface area contributed by atoms with Crippen LogP contribution in [0.5, 0.6) is 0 Å². The number of rotatable bonds is 6. The van der Waals surface area contributed by atoms with Gasteiger partial charge in [-0.25, -0.2) is 4.79 Å². The topological polar surface area (TPSA) is 96.5 Å². The van der Waals surface area contributed by atoms with Crippen molar-refractivity contribution in [1.29, 1.82) is 0 Å². The molecule has 0 aliphatic rings. The Bertz CT molecular complexity index is 414. The lowest BCUT2D eigenvalue weighted by molar-refractivity contribution is -0.131. The maximum Gasteiger partial charge on any atom is 0.408 e. The molecular weight excluding hydrogens is 286 g/mol. The Hall–Kier alpha value is -1.79. The normalized spacial score (nSPS) is 13.0. The Morgan fingerprint density at radius 3 is 2.09 bits per heavy atom. The van der Waals surface area contributed by atoms with Crippen molar-refractivity contribution in [1.82, 2.24) is 16.0 Å². The zero-order valence-corrected chi connectivity index (χ0v) is 14.6.